The lowest BCUT2D eigenvalue weighted by Crippen LogP contribution is -2.17. The van der Waals surface area contributed by atoms with E-state index < -0.39 is 11.0 Å². The van der Waals surface area contributed by atoms with Gasteiger partial charge in [0.25, 0.3) is 5.91 Å². The number of ether oxygens (including phenoxy) is 1. The Morgan fingerprint density at radius 1 is 1.29 bits per heavy atom. The molecule has 0 bridgehead atoms. The third kappa shape index (κ3) is 2.79. The van der Waals surface area contributed by atoms with Crippen LogP contribution in [-0.4, -0.2) is 24.9 Å². The number of hydrogen-bond donors (Lipinski definition) is 1. The zero-order chi connectivity index (χ0) is 16.5. The van der Waals surface area contributed by atoms with Crippen molar-refractivity contribution in [3.8, 4) is 5.75 Å². The smallest absolute Gasteiger partial charge is 0.258 e. The first-order chi connectivity index (χ1) is 11.7. The summed E-state index contributed by atoms with van der Waals surface area (Å²) < 4.78 is 21.3. The van der Waals surface area contributed by atoms with Gasteiger partial charge in [0.15, 0.2) is 16.0 Å². The average Bonchev–Trinajstić information content (AvgIpc) is 3.15. The molecule has 1 aliphatic rings. The van der Waals surface area contributed by atoms with E-state index in [2.05, 4.69) is 14.8 Å². The van der Waals surface area contributed by atoms with Crippen molar-refractivity contribution in [1.29, 1.82) is 0 Å². The highest BCUT2D eigenvalue weighted by Gasteiger charge is 2.22. The number of benzene rings is 1. The van der Waals surface area contributed by atoms with E-state index in [9.17, 15) is 9.00 Å². The van der Waals surface area contributed by atoms with Crippen molar-refractivity contribution in [1.82, 2.24) is 19.5 Å². The molecule has 1 N–H and O–H groups in total. The molecule has 1 atom stereocenters. The number of carbonyl (C=O) groups excluding carboxylic acids is 1. The summed E-state index contributed by atoms with van der Waals surface area (Å²) in [5, 5.41) is 5.48. The number of amides is 1. The predicted molar refractivity (Wildman–Crippen MR) is 88.9 cm³/mol. The molecule has 0 spiro atoms. The van der Waals surface area contributed by atoms with Gasteiger partial charge in [0.05, 0.1) is 5.52 Å². The van der Waals surface area contributed by atoms with Gasteiger partial charge in [-0.1, -0.05) is 6.07 Å². The van der Waals surface area contributed by atoms with E-state index in [0.717, 1.165) is 16.5 Å². The van der Waals surface area contributed by atoms with E-state index in [4.69, 9.17) is 4.74 Å². The molecule has 1 unspecified atom stereocenters. The van der Waals surface area contributed by atoms with Crippen molar-refractivity contribution >= 4 is 32.8 Å². The minimum atomic E-state index is -1.58. The second kappa shape index (κ2) is 5.89. The van der Waals surface area contributed by atoms with Crippen molar-refractivity contribution in [3.63, 3.8) is 0 Å². The topological polar surface area (TPSA) is 86.1 Å². The Kier molecular flexibility index (Phi) is 3.58. The van der Waals surface area contributed by atoms with Gasteiger partial charge in [-0.2, -0.15) is 5.10 Å². The minimum absolute atomic E-state index is 0.314. The SMILES string of the molecule is O=C1C=C(n2cc3cc(OCc4cccnc4)ccc3n2)S(=O)N1. The van der Waals surface area contributed by atoms with Gasteiger partial charge in [-0.3, -0.25) is 14.5 Å². The Labute approximate surface area is 139 Å². The Morgan fingerprint density at radius 3 is 2.96 bits per heavy atom. The maximum absolute atomic E-state index is 11.8. The third-order valence-electron chi connectivity index (χ3n) is 3.47. The highest BCUT2D eigenvalue weighted by atomic mass is 32.2. The van der Waals surface area contributed by atoms with Crippen LogP contribution in [-0.2, 0) is 22.4 Å². The molecule has 120 valence electrons. The van der Waals surface area contributed by atoms with Crippen molar-refractivity contribution in [2.75, 3.05) is 0 Å². The van der Waals surface area contributed by atoms with Crippen LogP contribution in [0.2, 0.25) is 0 Å². The van der Waals surface area contributed by atoms with Crippen LogP contribution in [0.4, 0.5) is 0 Å². The molecule has 0 saturated carbocycles. The molecule has 0 fully saturated rings. The van der Waals surface area contributed by atoms with Crippen LogP contribution in [0.25, 0.3) is 15.9 Å². The molecular formula is C16H12N4O3S. The van der Waals surface area contributed by atoms with Crippen molar-refractivity contribution in [2.24, 2.45) is 0 Å². The number of fused-ring (bicyclic) bond motifs is 1. The second-order valence-electron chi connectivity index (χ2n) is 5.16. The summed E-state index contributed by atoms with van der Waals surface area (Å²) in [5.74, 6) is 0.310. The number of nitrogens with zero attached hydrogens (tertiary/aromatic N) is 3. The first kappa shape index (κ1) is 14.6. The van der Waals surface area contributed by atoms with Crippen LogP contribution in [0.15, 0.2) is 55.0 Å². The van der Waals surface area contributed by atoms with Crippen LogP contribution >= 0.6 is 0 Å². The summed E-state index contributed by atoms with van der Waals surface area (Å²) in [6.07, 6.45) is 6.46. The molecule has 2 aromatic heterocycles. The van der Waals surface area contributed by atoms with Crippen molar-refractivity contribution in [2.45, 2.75) is 6.61 Å². The number of pyridine rings is 1. The van der Waals surface area contributed by atoms with Crippen LogP contribution < -0.4 is 9.46 Å². The van der Waals surface area contributed by atoms with Crippen LogP contribution in [0.1, 0.15) is 5.56 Å². The highest BCUT2D eigenvalue weighted by Crippen LogP contribution is 2.23. The first-order valence-electron chi connectivity index (χ1n) is 7.15. The largest absolute Gasteiger partial charge is 0.489 e. The van der Waals surface area contributed by atoms with E-state index in [1.807, 2.05) is 30.3 Å². The zero-order valence-electron chi connectivity index (χ0n) is 12.4. The number of aromatic nitrogens is 3. The summed E-state index contributed by atoms with van der Waals surface area (Å²) in [4.78, 5) is 15.3. The highest BCUT2D eigenvalue weighted by molar-refractivity contribution is 7.93. The number of carbonyl (C=O) groups is 1. The maximum Gasteiger partial charge on any atom is 0.258 e. The standard InChI is InChI=1S/C16H12N4O3S/c21-15-7-16(24(22)19-15)20-9-12-6-13(3-4-14(12)18-20)23-10-11-2-1-5-17-8-11/h1-9H,10H2,(H,19,21). The van der Waals surface area contributed by atoms with E-state index in [0.29, 0.717) is 17.4 Å². The Hall–Kier alpha value is -3.00. The average molecular weight is 340 g/mol. The van der Waals surface area contributed by atoms with Gasteiger partial charge in [-0.25, -0.2) is 8.89 Å². The van der Waals surface area contributed by atoms with Gasteiger partial charge in [-0.15, -0.1) is 0 Å². The lowest BCUT2D eigenvalue weighted by atomic mass is 10.2. The monoisotopic (exact) mass is 340 g/mol. The molecule has 8 heteroatoms. The van der Waals surface area contributed by atoms with Gasteiger partial charge in [0.1, 0.15) is 12.4 Å². The summed E-state index contributed by atoms with van der Waals surface area (Å²) in [6, 6.07) is 9.28. The Morgan fingerprint density at radius 2 is 2.21 bits per heavy atom. The lowest BCUT2D eigenvalue weighted by molar-refractivity contribution is -0.114. The molecule has 4 rings (SSSR count). The van der Waals surface area contributed by atoms with Crippen LogP contribution in [0.3, 0.4) is 0 Å². The van der Waals surface area contributed by atoms with Crippen molar-refractivity contribution in [3.05, 3.63) is 60.6 Å². The molecule has 1 aromatic carbocycles. The fraction of sp³-hybridized carbons (Fsp3) is 0.0625. The first-order valence-corrected chi connectivity index (χ1v) is 8.30. The van der Waals surface area contributed by atoms with Crippen molar-refractivity contribution < 1.29 is 13.7 Å². The maximum atomic E-state index is 11.8. The van der Waals surface area contributed by atoms with E-state index in [-0.39, 0.29) is 5.91 Å². The molecular weight excluding hydrogens is 328 g/mol. The van der Waals surface area contributed by atoms with Crippen LogP contribution in [0, 0.1) is 0 Å². The van der Waals surface area contributed by atoms with E-state index >= 15 is 0 Å². The summed E-state index contributed by atoms with van der Waals surface area (Å²) in [7, 11) is -1.58. The quantitative estimate of drug-likeness (QED) is 0.780. The fourth-order valence-corrected chi connectivity index (χ4v) is 3.17. The zero-order valence-corrected chi connectivity index (χ0v) is 13.2. The molecule has 3 heterocycles. The molecule has 24 heavy (non-hydrogen) atoms. The molecule has 1 aliphatic heterocycles. The lowest BCUT2D eigenvalue weighted by Gasteiger charge is -2.05. The van der Waals surface area contributed by atoms with Gasteiger partial charge in [0.2, 0.25) is 0 Å². The van der Waals surface area contributed by atoms with Gasteiger partial charge < -0.3 is 4.74 Å². The van der Waals surface area contributed by atoms with E-state index in [1.54, 1.807) is 18.6 Å². The molecule has 1 amide bonds. The molecule has 3 aromatic rings. The van der Waals surface area contributed by atoms with Gasteiger partial charge in [0, 0.05) is 35.6 Å². The Balaban J connectivity index is 1.58. The number of hydrogen-bond acceptors (Lipinski definition) is 5. The summed E-state index contributed by atoms with van der Waals surface area (Å²) in [6.45, 7) is 0.418. The minimum Gasteiger partial charge on any atom is -0.489 e. The van der Waals surface area contributed by atoms with Crippen LogP contribution in [0.5, 0.6) is 5.75 Å². The summed E-state index contributed by atoms with van der Waals surface area (Å²) in [5.41, 5.74) is 1.70. The molecule has 0 radical (unpaired) electrons. The number of rotatable bonds is 4. The fourth-order valence-electron chi connectivity index (χ4n) is 2.35. The third-order valence-corrected chi connectivity index (χ3v) is 4.54. The van der Waals surface area contributed by atoms with Gasteiger partial charge >= 0.3 is 0 Å². The molecule has 7 nitrogen and oxygen atoms in total. The van der Waals surface area contributed by atoms with E-state index in [1.165, 1.54) is 10.8 Å². The Bertz CT molecular complexity index is 981. The second-order valence-corrected chi connectivity index (χ2v) is 6.32. The molecule has 0 saturated heterocycles. The van der Waals surface area contributed by atoms with Gasteiger partial charge in [-0.05, 0) is 24.3 Å². The predicted octanol–water partition coefficient (Wildman–Crippen LogP) is 1.60. The summed E-state index contributed by atoms with van der Waals surface area (Å²) >= 11 is 0. The number of nitrogens with one attached hydrogen (secondary N) is 1. The molecule has 0 aliphatic carbocycles. The normalized spacial score (nSPS) is 16.9.